The summed E-state index contributed by atoms with van der Waals surface area (Å²) >= 11 is 0. The predicted molar refractivity (Wildman–Crippen MR) is 131 cm³/mol. The van der Waals surface area contributed by atoms with E-state index in [1.165, 1.54) is 17.3 Å². The number of ether oxygens (including phenoxy) is 2. The van der Waals surface area contributed by atoms with Gasteiger partial charge in [-0.2, -0.15) is 5.26 Å². The third kappa shape index (κ3) is 5.08. The van der Waals surface area contributed by atoms with Crippen molar-refractivity contribution in [1.29, 1.82) is 5.26 Å². The van der Waals surface area contributed by atoms with Crippen LogP contribution < -0.4 is 5.32 Å². The fourth-order valence-corrected chi connectivity index (χ4v) is 5.07. The summed E-state index contributed by atoms with van der Waals surface area (Å²) in [5.74, 6) is -0.274. The summed E-state index contributed by atoms with van der Waals surface area (Å²) in [6, 6.07) is 8.34. The molecular formula is C27H34N4O3. The smallest absolute Gasteiger partial charge is 0.291 e. The molecule has 2 aliphatic rings. The van der Waals surface area contributed by atoms with Gasteiger partial charge in [0.05, 0.1) is 6.20 Å². The summed E-state index contributed by atoms with van der Waals surface area (Å²) in [4.78, 5) is 19.6. The molecule has 0 atom stereocenters. The molecule has 2 N–H and O–H groups in total. The Hall–Kier alpha value is -2.95. The largest absolute Gasteiger partial charge is 0.353 e. The highest BCUT2D eigenvalue weighted by Gasteiger charge is 2.36. The lowest BCUT2D eigenvalue weighted by Crippen LogP contribution is -2.37. The van der Waals surface area contributed by atoms with Crippen molar-refractivity contribution in [2.45, 2.75) is 70.5 Å². The Kier molecular flexibility index (Phi) is 6.92. The molecule has 0 radical (unpaired) electrons. The van der Waals surface area contributed by atoms with Crippen molar-refractivity contribution in [3.63, 3.8) is 0 Å². The number of benzene rings is 1. The van der Waals surface area contributed by atoms with Crippen LogP contribution in [0.25, 0.3) is 5.57 Å². The van der Waals surface area contributed by atoms with Gasteiger partial charge in [-0.15, -0.1) is 0 Å². The SMILES string of the molecule is COC1(OC)CCC(c2ccc(NC(=O)c3ncc(C#N)[nH]3)c(C3=CCC(C)(C)CC3)c2)CC1. The van der Waals surface area contributed by atoms with E-state index < -0.39 is 5.79 Å². The fourth-order valence-electron chi connectivity index (χ4n) is 5.07. The average molecular weight is 463 g/mol. The van der Waals surface area contributed by atoms with Crippen molar-refractivity contribution in [3.05, 3.63) is 53.1 Å². The molecule has 7 nitrogen and oxygen atoms in total. The van der Waals surface area contributed by atoms with Crippen LogP contribution in [0, 0.1) is 16.7 Å². The maximum atomic E-state index is 12.8. The number of imidazole rings is 1. The first kappa shape index (κ1) is 24.2. The minimum absolute atomic E-state index is 0.132. The number of allylic oxidation sites excluding steroid dienone is 2. The zero-order valence-electron chi connectivity index (χ0n) is 20.5. The van der Waals surface area contributed by atoms with E-state index in [-0.39, 0.29) is 17.4 Å². The number of anilines is 1. The monoisotopic (exact) mass is 462 g/mol. The van der Waals surface area contributed by atoms with Crippen molar-refractivity contribution in [3.8, 4) is 6.07 Å². The Labute approximate surface area is 201 Å². The van der Waals surface area contributed by atoms with Crippen LogP contribution >= 0.6 is 0 Å². The van der Waals surface area contributed by atoms with Gasteiger partial charge in [0, 0.05) is 38.3 Å². The van der Waals surface area contributed by atoms with E-state index in [0.717, 1.165) is 56.2 Å². The molecular weight excluding hydrogens is 428 g/mol. The molecule has 0 unspecified atom stereocenters. The summed E-state index contributed by atoms with van der Waals surface area (Å²) in [7, 11) is 3.43. The van der Waals surface area contributed by atoms with Gasteiger partial charge in [0.2, 0.25) is 0 Å². The van der Waals surface area contributed by atoms with E-state index in [0.29, 0.717) is 11.3 Å². The van der Waals surface area contributed by atoms with Crippen LogP contribution in [0.5, 0.6) is 0 Å². The number of amides is 1. The summed E-state index contributed by atoms with van der Waals surface area (Å²) in [5.41, 5.74) is 4.95. The number of hydrogen-bond acceptors (Lipinski definition) is 5. The van der Waals surface area contributed by atoms with Crippen LogP contribution in [-0.2, 0) is 9.47 Å². The number of aromatic amines is 1. The lowest BCUT2D eigenvalue weighted by atomic mass is 9.76. The average Bonchev–Trinajstić information content (AvgIpc) is 3.34. The number of H-pyrrole nitrogens is 1. The number of methoxy groups -OCH3 is 2. The first-order valence-electron chi connectivity index (χ1n) is 12.0. The standard InChI is InChI=1S/C27H34N4O3/c1-26(2)11-7-19(8-12-26)22-15-20(18-9-13-27(33-3,34-4)14-10-18)5-6-23(22)31-25(32)24-29-17-21(16-28)30-24/h5-7,15,17-18H,8-14H2,1-4H3,(H,29,30)(H,31,32). The number of carbonyl (C=O) groups is 1. The molecule has 0 spiro atoms. The summed E-state index contributed by atoms with van der Waals surface area (Å²) in [5, 5.41) is 12.0. The van der Waals surface area contributed by atoms with Crippen molar-refractivity contribution >= 4 is 17.2 Å². The van der Waals surface area contributed by atoms with E-state index in [1.54, 1.807) is 14.2 Å². The molecule has 1 aromatic carbocycles. The lowest BCUT2D eigenvalue weighted by Gasteiger charge is -2.38. The summed E-state index contributed by atoms with van der Waals surface area (Å²) in [6.45, 7) is 4.59. The van der Waals surface area contributed by atoms with Gasteiger partial charge in [-0.25, -0.2) is 4.98 Å². The van der Waals surface area contributed by atoms with Crippen molar-refractivity contribution in [1.82, 2.24) is 9.97 Å². The maximum absolute atomic E-state index is 12.8. The van der Waals surface area contributed by atoms with Gasteiger partial charge in [0.15, 0.2) is 11.6 Å². The molecule has 34 heavy (non-hydrogen) atoms. The highest BCUT2D eigenvalue weighted by Crippen LogP contribution is 2.44. The normalized spacial score (nSPS) is 19.8. The third-order valence-electron chi connectivity index (χ3n) is 7.48. The molecule has 1 aromatic heterocycles. The Morgan fingerprint density at radius 2 is 1.94 bits per heavy atom. The molecule has 2 aliphatic carbocycles. The van der Waals surface area contributed by atoms with Crippen LogP contribution in [0.15, 0.2) is 30.5 Å². The van der Waals surface area contributed by atoms with Crippen molar-refractivity contribution < 1.29 is 14.3 Å². The maximum Gasteiger partial charge on any atom is 0.291 e. The van der Waals surface area contributed by atoms with Gasteiger partial charge in [-0.1, -0.05) is 26.0 Å². The molecule has 1 heterocycles. The lowest BCUT2D eigenvalue weighted by molar-refractivity contribution is -0.224. The van der Waals surface area contributed by atoms with E-state index in [1.807, 2.05) is 12.1 Å². The van der Waals surface area contributed by atoms with E-state index in [9.17, 15) is 4.79 Å². The molecule has 7 heteroatoms. The molecule has 0 bridgehead atoms. The number of rotatable bonds is 6. The number of nitriles is 1. The van der Waals surface area contributed by atoms with Gasteiger partial charge in [-0.3, -0.25) is 4.79 Å². The number of nitrogens with one attached hydrogen (secondary N) is 2. The molecule has 4 rings (SSSR count). The Balaban J connectivity index is 1.62. The molecule has 1 fully saturated rings. The number of aromatic nitrogens is 2. The van der Waals surface area contributed by atoms with Crippen molar-refractivity contribution in [2.24, 2.45) is 5.41 Å². The fraction of sp³-hybridized carbons (Fsp3) is 0.519. The molecule has 1 amide bonds. The minimum Gasteiger partial charge on any atom is -0.353 e. The minimum atomic E-state index is -0.476. The second kappa shape index (κ2) is 9.73. The molecule has 2 aromatic rings. The zero-order chi connectivity index (χ0) is 24.3. The first-order valence-corrected chi connectivity index (χ1v) is 12.0. The van der Waals surface area contributed by atoms with Crippen LogP contribution in [-0.4, -0.2) is 35.9 Å². The second-order valence-corrected chi connectivity index (χ2v) is 10.2. The van der Waals surface area contributed by atoms with Gasteiger partial charge in [0.25, 0.3) is 5.91 Å². The molecule has 1 saturated carbocycles. The highest BCUT2D eigenvalue weighted by molar-refractivity contribution is 6.03. The Morgan fingerprint density at radius 1 is 1.21 bits per heavy atom. The molecule has 0 aliphatic heterocycles. The first-order chi connectivity index (χ1) is 16.3. The van der Waals surface area contributed by atoms with Gasteiger partial charge in [0.1, 0.15) is 11.8 Å². The van der Waals surface area contributed by atoms with Gasteiger partial charge in [-0.05, 0) is 66.7 Å². The van der Waals surface area contributed by atoms with Crippen LogP contribution in [0.2, 0.25) is 0 Å². The van der Waals surface area contributed by atoms with Gasteiger partial charge >= 0.3 is 0 Å². The number of nitrogens with zero attached hydrogens (tertiary/aromatic N) is 2. The number of carbonyl (C=O) groups excluding carboxylic acids is 1. The quantitative estimate of drug-likeness (QED) is 0.531. The van der Waals surface area contributed by atoms with E-state index >= 15 is 0 Å². The highest BCUT2D eigenvalue weighted by atomic mass is 16.7. The Morgan fingerprint density at radius 3 is 2.53 bits per heavy atom. The number of hydrogen-bond donors (Lipinski definition) is 2. The van der Waals surface area contributed by atoms with Gasteiger partial charge < -0.3 is 19.8 Å². The zero-order valence-corrected chi connectivity index (χ0v) is 20.5. The summed E-state index contributed by atoms with van der Waals surface area (Å²) < 4.78 is 11.3. The molecule has 0 saturated heterocycles. The van der Waals surface area contributed by atoms with Crippen LogP contribution in [0.1, 0.15) is 92.2 Å². The second-order valence-electron chi connectivity index (χ2n) is 10.2. The van der Waals surface area contributed by atoms with E-state index in [2.05, 4.69) is 47.3 Å². The van der Waals surface area contributed by atoms with Crippen LogP contribution in [0.3, 0.4) is 0 Å². The van der Waals surface area contributed by atoms with Crippen molar-refractivity contribution in [2.75, 3.05) is 19.5 Å². The van der Waals surface area contributed by atoms with E-state index in [4.69, 9.17) is 14.7 Å². The topological polar surface area (TPSA) is 100 Å². The molecule has 180 valence electrons. The third-order valence-corrected chi connectivity index (χ3v) is 7.48. The Bertz CT molecular complexity index is 1110. The summed E-state index contributed by atoms with van der Waals surface area (Å²) in [6.07, 6.45) is 10.5. The van der Waals surface area contributed by atoms with Crippen LogP contribution in [0.4, 0.5) is 5.69 Å². The predicted octanol–water partition coefficient (Wildman–Crippen LogP) is 5.77.